The molecular weight excluding hydrogens is 279 g/mol. The largest absolute Gasteiger partial charge is 0.461 e. The molecule has 72 valence electrons. The molecule has 0 spiro atoms. The predicted molar refractivity (Wildman–Crippen MR) is 56.6 cm³/mol. The van der Waals surface area contributed by atoms with Crippen LogP contribution in [0.3, 0.4) is 0 Å². The van der Waals surface area contributed by atoms with Crippen LogP contribution in [0.4, 0.5) is 0 Å². The molecule has 4 rings (SSSR count). The number of hydrogen-bond donors (Lipinski definition) is 0. The second-order valence-electron chi connectivity index (χ2n) is 4.60. The highest BCUT2D eigenvalue weighted by Gasteiger charge is 2.52. The summed E-state index contributed by atoms with van der Waals surface area (Å²) in [5.41, 5.74) is 0. The average molecular weight is 292 g/mol. The van der Waals surface area contributed by atoms with Crippen LogP contribution in [0.2, 0.25) is 0 Å². The number of fused-ring (bicyclic) bond motifs is 1. The molecule has 0 unspecified atom stereocenters. The normalized spacial score (nSPS) is 53.3. The van der Waals surface area contributed by atoms with Crippen LogP contribution in [0.1, 0.15) is 25.7 Å². The number of ether oxygens (including phenoxy) is 1. The Hall–Kier alpha value is 0.200. The Morgan fingerprint density at radius 1 is 1.31 bits per heavy atom. The van der Waals surface area contributed by atoms with Gasteiger partial charge in [-0.1, -0.05) is 22.6 Å². The average Bonchev–Trinajstić information content (AvgIpc) is 2.12. The second-order valence-corrected chi connectivity index (χ2v) is 6.04. The molecule has 4 aliphatic rings. The Morgan fingerprint density at radius 3 is 3.00 bits per heavy atom. The standard InChI is InChI=1S/C10H13IO2/c11-9-5-1-2-7-6(3-5)4-8(12)13-10(7)9/h5-7,9-10H,1-4H2/t5-,6+,7+,9-,10-/m1/s1. The van der Waals surface area contributed by atoms with Crippen molar-refractivity contribution in [2.75, 3.05) is 0 Å². The van der Waals surface area contributed by atoms with Gasteiger partial charge < -0.3 is 4.74 Å². The molecule has 4 bridgehead atoms. The van der Waals surface area contributed by atoms with E-state index in [0.717, 1.165) is 5.92 Å². The van der Waals surface area contributed by atoms with Gasteiger partial charge in [-0.2, -0.15) is 0 Å². The molecule has 13 heavy (non-hydrogen) atoms. The molecule has 0 N–H and O–H groups in total. The highest BCUT2D eigenvalue weighted by atomic mass is 127. The number of halogens is 1. The van der Waals surface area contributed by atoms with Crippen LogP contribution in [0, 0.1) is 17.8 Å². The first-order chi connectivity index (χ1) is 6.25. The molecule has 3 saturated carbocycles. The summed E-state index contributed by atoms with van der Waals surface area (Å²) in [6, 6.07) is 0. The maximum Gasteiger partial charge on any atom is 0.306 e. The highest BCUT2D eigenvalue weighted by Crippen LogP contribution is 2.52. The van der Waals surface area contributed by atoms with Crippen LogP contribution in [-0.2, 0) is 9.53 Å². The third-order valence-electron chi connectivity index (χ3n) is 3.96. The number of carbonyl (C=O) groups is 1. The molecule has 0 radical (unpaired) electrons. The monoisotopic (exact) mass is 292 g/mol. The quantitative estimate of drug-likeness (QED) is 0.388. The first kappa shape index (κ1) is 8.50. The van der Waals surface area contributed by atoms with E-state index in [4.69, 9.17) is 4.74 Å². The molecule has 1 saturated heterocycles. The summed E-state index contributed by atoms with van der Waals surface area (Å²) in [7, 11) is 0. The topological polar surface area (TPSA) is 26.3 Å². The lowest BCUT2D eigenvalue weighted by Crippen LogP contribution is -2.54. The van der Waals surface area contributed by atoms with Gasteiger partial charge in [0.25, 0.3) is 0 Å². The van der Waals surface area contributed by atoms with Crippen LogP contribution in [0.5, 0.6) is 0 Å². The van der Waals surface area contributed by atoms with Gasteiger partial charge in [0, 0.05) is 12.3 Å². The zero-order valence-corrected chi connectivity index (χ0v) is 9.57. The van der Waals surface area contributed by atoms with E-state index in [0.29, 0.717) is 22.2 Å². The molecule has 3 heteroatoms. The van der Waals surface area contributed by atoms with Gasteiger partial charge in [-0.05, 0) is 31.1 Å². The fourth-order valence-electron chi connectivity index (χ4n) is 3.35. The van der Waals surface area contributed by atoms with Gasteiger partial charge in [-0.25, -0.2) is 0 Å². The Balaban J connectivity index is 1.92. The minimum absolute atomic E-state index is 0.0493. The van der Waals surface area contributed by atoms with Crippen molar-refractivity contribution in [1.82, 2.24) is 0 Å². The summed E-state index contributed by atoms with van der Waals surface area (Å²) in [6.45, 7) is 0. The lowest BCUT2D eigenvalue weighted by atomic mass is 9.61. The van der Waals surface area contributed by atoms with Crippen molar-refractivity contribution in [1.29, 1.82) is 0 Å². The van der Waals surface area contributed by atoms with E-state index < -0.39 is 0 Å². The lowest BCUT2D eigenvalue weighted by molar-refractivity contribution is -0.174. The van der Waals surface area contributed by atoms with E-state index in [1.807, 2.05) is 0 Å². The van der Waals surface area contributed by atoms with Gasteiger partial charge >= 0.3 is 5.97 Å². The van der Waals surface area contributed by atoms with Crippen molar-refractivity contribution in [2.24, 2.45) is 17.8 Å². The van der Waals surface area contributed by atoms with Crippen LogP contribution in [-0.4, -0.2) is 16.0 Å². The molecule has 4 fully saturated rings. The zero-order chi connectivity index (χ0) is 9.00. The van der Waals surface area contributed by atoms with E-state index in [1.54, 1.807) is 0 Å². The van der Waals surface area contributed by atoms with Crippen molar-refractivity contribution >= 4 is 28.6 Å². The summed E-state index contributed by atoms with van der Waals surface area (Å²) in [4.78, 5) is 11.3. The van der Waals surface area contributed by atoms with E-state index >= 15 is 0 Å². The van der Waals surface area contributed by atoms with Crippen molar-refractivity contribution in [3.05, 3.63) is 0 Å². The maximum absolute atomic E-state index is 11.3. The van der Waals surface area contributed by atoms with Crippen molar-refractivity contribution in [2.45, 2.75) is 35.7 Å². The molecule has 1 aliphatic heterocycles. The summed E-state index contributed by atoms with van der Waals surface area (Å²) in [5.74, 6) is 2.24. The molecule has 0 aromatic rings. The van der Waals surface area contributed by atoms with Crippen molar-refractivity contribution in [3.63, 3.8) is 0 Å². The van der Waals surface area contributed by atoms with E-state index in [-0.39, 0.29) is 12.1 Å². The molecular formula is C10H13IO2. The third-order valence-corrected chi connectivity index (χ3v) is 5.69. The fourth-order valence-corrected chi connectivity index (χ4v) is 4.68. The van der Waals surface area contributed by atoms with Gasteiger partial charge in [-0.3, -0.25) is 4.79 Å². The molecule has 0 amide bonds. The van der Waals surface area contributed by atoms with Gasteiger partial charge in [0.1, 0.15) is 6.10 Å². The number of hydrogen-bond acceptors (Lipinski definition) is 2. The summed E-state index contributed by atoms with van der Waals surface area (Å²) >= 11 is 2.49. The van der Waals surface area contributed by atoms with Gasteiger partial charge in [0.2, 0.25) is 0 Å². The number of alkyl halides is 1. The summed E-state index contributed by atoms with van der Waals surface area (Å²) in [5, 5.41) is 0. The lowest BCUT2D eigenvalue weighted by Gasteiger charge is -2.52. The summed E-state index contributed by atoms with van der Waals surface area (Å²) < 4.78 is 6.05. The Kier molecular flexibility index (Phi) is 1.86. The number of esters is 1. The Morgan fingerprint density at radius 2 is 2.15 bits per heavy atom. The van der Waals surface area contributed by atoms with Crippen LogP contribution >= 0.6 is 22.6 Å². The van der Waals surface area contributed by atoms with Gasteiger partial charge in [-0.15, -0.1) is 0 Å². The van der Waals surface area contributed by atoms with E-state index in [9.17, 15) is 4.79 Å². The summed E-state index contributed by atoms with van der Waals surface area (Å²) in [6.07, 6.45) is 4.90. The minimum atomic E-state index is 0.0493. The van der Waals surface area contributed by atoms with Crippen LogP contribution in [0.25, 0.3) is 0 Å². The van der Waals surface area contributed by atoms with Crippen molar-refractivity contribution < 1.29 is 9.53 Å². The minimum Gasteiger partial charge on any atom is -0.461 e. The van der Waals surface area contributed by atoms with E-state index in [1.165, 1.54) is 19.3 Å². The van der Waals surface area contributed by atoms with Crippen LogP contribution < -0.4 is 0 Å². The molecule has 2 nitrogen and oxygen atoms in total. The smallest absolute Gasteiger partial charge is 0.306 e. The van der Waals surface area contributed by atoms with Gasteiger partial charge in [0.15, 0.2) is 0 Å². The maximum atomic E-state index is 11.3. The van der Waals surface area contributed by atoms with Crippen molar-refractivity contribution in [3.8, 4) is 0 Å². The highest BCUT2D eigenvalue weighted by molar-refractivity contribution is 14.1. The molecule has 0 aromatic carbocycles. The SMILES string of the molecule is O=C1C[C@@H]2C[C@H]3CC[C@@H]2[C@@H](O1)[C@@H]3I. The fraction of sp³-hybridized carbons (Fsp3) is 0.900. The Bertz CT molecular complexity index is 253. The number of rotatable bonds is 0. The predicted octanol–water partition coefficient (Wildman–Crippen LogP) is 2.15. The van der Waals surface area contributed by atoms with Crippen LogP contribution in [0.15, 0.2) is 0 Å². The zero-order valence-electron chi connectivity index (χ0n) is 7.41. The first-order valence-electron chi connectivity index (χ1n) is 5.09. The van der Waals surface area contributed by atoms with Gasteiger partial charge in [0.05, 0.1) is 3.92 Å². The molecule has 5 atom stereocenters. The molecule has 0 aromatic heterocycles. The molecule has 1 heterocycles. The third kappa shape index (κ3) is 1.15. The van der Waals surface area contributed by atoms with E-state index in [2.05, 4.69) is 22.6 Å². The molecule has 3 aliphatic carbocycles. The Labute approximate surface area is 91.5 Å². The second kappa shape index (κ2) is 2.84. The first-order valence-corrected chi connectivity index (χ1v) is 6.34. The number of carbonyl (C=O) groups excluding carboxylic acids is 1.